The molecule has 1 aliphatic heterocycles. The molecule has 1 fully saturated rings. The SMILES string of the molecule is CCCNCCN1CCC(C(=O)OCC)C1. The molecule has 16 heavy (non-hydrogen) atoms. The minimum absolute atomic E-state index is 0.0217. The summed E-state index contributed by atoms with van der Waals surface area (Å²) in [4.78, 5) is 13.8. The Labute approximate surface area is 98.3 Å². The van der Waals surface area contributed by atoms with Crippen molar-refractivity contribution >= 4 is 5.97 Å². The highest BCUT2D eigenvalue weighted by Gasteiger charge is 2.28. The van der Waals surface area contributed by atoms with Crippen LogP contribution in [0.5, 0.6) is 0 Å². The molecule has 94 valence electrons. The lowest BCUT2D eigenvalue weighted by Crippen LogP contribution is -2.31. The average Bonchev–Trinajstić information content (AvgIpc) is 2.73. The van der Waals surface area contributed by atoms with Gasteiger partial charge in [0, 0.05) is 19.6 Å². The van der Waals surface area contributed by atoms with Crippen molar-refractivity contribution in [2.75, 3.05) is 39.3 Å². The molecule has 0 saturated carbocycles. The number of carbonyl (C=O) groups excluding carboxylic acids is 1. The van der Waals surface area contributed by atoms with Crippen LogP contribution in [-0.4, -0.2) is 50.2 Å². The third-order valence-electron chi connectivity index (χ3n) is 2.92. The maximum atomic E-state index is 11.5. The Bertz CT molecular complexity index is 209. The van der Waals surface area contributed by atoms with Gasteiger partial charge in [-0.2, -0.15) is 0 Å². The van der Waals surface area contributed by atoms with E-state index in [0.717, 1.165) is 39.1 Å². The van der Waals surface area contributed by atoms with Gasteiger partial charge in [0.2, 0.25) is 0 Å². The Kier molecular flexibility index (Phi) is 6.42. The van der Waals surface area contributed by atoms with E-state index in [-0.39, 0.29) is 11.9 Å². The highest BCUT2D eigenvalue weighted by Crippen LogP contribution is 2.16. The standard InChI is InChI=1S/C12H24N2O2/c1-3-6-13-7-9-14-8-5-11(10-14)12(15)16-4-2/h11,13H,3-10H2,1-2H3. The quantitative estimate of drug-likeness (QED) is 0.518. The third-order valence-corrected chi connectivity index (χ3v) is 2.92. The van der Waals surface area contributed by atoms with E-state index in [9.17, 15) is 4.79 Å². The minimum atomic E-state index is -0.0217. The van der Waals surface area contributed by atoms with E-state index in [2.05, 4.69) is 17.1 Å². The van der Waals surface area contributed by atoms with Crippen molar-refractivity contribution in [3.63, 3.8) is 0 Å². The van der Waals surface area contributed by atoms with Crippen LogP contribution in [0.1, 0.15) is 26.7 Å². The van der Waals surface area contributed by atoms with Crippen LogP contribution in [0.4, 0.5) is 0 Å². The zero-order valence-electron chi connectivity index (χ0n) is 10.5. The molecule has 0 amide bonds. The van der Waals surface area contributed by atoms with Crippen LogP contribution in [0.25, 0.3) is 0 Å². The molecule has 1 aliphatic rings. The first-order chi connectivity index (χ1) is 7.77. The first-order valence-electron chi connectivity index (χ1n) is 6.37. The van der Waals surface area contributed by atoms with Crippen molar-refractivity contribution in [1.82, 2.24) is 10.2 Å². The van der Waals surface area contributed by atoms with Gasteiger partial charge in [-0.1, -0.05) is 6.92 Å². The number of hydrogen-bond donors (Lipinski definition) is 1. The number of carbonyl (C=O) groups is 1. The number of nitrogens with one attached hydrogen (secondary N) is 1. The highest BCUT2D eigenvalue weighted by atomic mass is 16.5. The van der Waals surface area contributed by atoms with Gasteiger partial charge in [0.05, 0.1) is 12.5 Å². The Morgan fingerprint density at radius 2 is 2.25 bits per heavy atom. The number of ether oxygens (including phenoxy) is 1. The Morgan fingerprint density at radius 1 is 1.44 bits per heavy atom. The molecule has 0 aromatic heterocycles. The molecule has 1 heterocycles. The zero-order valence-corrected chi connectivity index (χ0v) is 10.5. The molecule has 0 aromatic rings. The van der Waals surface area contributed by atoms with E-state index in [1.165, 1.54) is 6.42 Å². The van der Waals surface area contributed by atoms with Gasteiger partial charge in [0.1, 0.15) is 0 Å². The van der Waals surface area contributed by atoms with Crippen LogP contribution in [0.2, 0.25) is 0 Å². The largest absolute Gasteiger partial charge is 0.466 e. The monoisotopic (exact) mass is 228 g/mol. The second kappa shape index (κ2) is 7.63. The Morgan fingerprint density at radius 3 is 2.94 bits per heavy atom. The molecule has 0 aromatic carbocycles. The molecule has 1 saturated heterocycles. The lowest BCUT2D eigenvalue weighted by Gasteiger charge is -2.15. The van der Waals surface area contributed by atoms with Crippen molar-refractivity contribution in [2.24, 2.45) is 5.92 Å². The Balaban J connectivity index is 2.12. The first-order valence-corrected chi connectivity index (χ1v) is 6.37. The molecule has 1 N–H and O–H groups in total. The number of nitrogens with zero attached hydrogens (tertiary/aromatic N) is 1. The van der Waals surface area contributed by atoms with E-state index in [1.807, 2.05) is 6.92 Å². The second-order valence-corrected chi connectivity index (χ2v) is 4.29. The summed E-state index contributed by atoms with van der Waals surface area (Å²) in [5.41, 5.74) is 0. The molecule has 0 bridgehead atoms. The molecule has 0 aliphatic carbocycles. The van der Waals surface area contributed by atoms with Crippen LogP contribution >= 0.6 is 0 Å². The summed E-state index contributed by atoms with van der Waals surface area (Å²) in [6.45, 7) is 9.55. The summed E-state index contributed by atoms with van der Waals surface area (Å²) in [7, 11) is 0. The smallest absolute Gasteiger partial charge is 0.310 e. The number of likely N-dealkylation sites (tertiary alicyclic amines) is 1. The van der Waals surface area contributed by atoms with Crippen LogP contribution in [0.15, 0.2) is 0 Å². The molecular formula is C12H24N2O2. The fraction of sp³-hybridized carbons (Fsp3) is 0.917. The van der Waals surface area contributed by atoms with E-state index >= 15 is 0 Å². The van der Waals surface area contributed by atoms with Crippen molar-refractivity contribution in [3.8, 4) is 0 Å². The van der Waals surface area contributed by atoms with Crippen LogP contribution in [-0.2, 0) is 9.53 Å². The van der Waals surface area contributed by atoms with E-state index in [4.69, 9.17) is 4.74 Å². The highest BCUT2D eigenvalue weighted by molar-refractivity contribution is 5.73. The lowest BCUT2D eigenvalue weighted by atomic mass is 10.1. The first kappa shape index (κ1) is 13.5. The molecule has 4 nitrogen and oxygen atoms in total. The van der Waals surface area contributed by atoms with E-state index < -0.39 is 0 Å². The maximum Gasteiger partial charge on any atom is 0.310 e. The summed E-state index contributed by atoms with van der Waals surface area (Å²) in [5.74, 6) is 0.0812. The van der Waals surface area contributed by atoms with E-state index in [1.54, 1.807) is 0 Å². The van der Waals surface area contributed by atoms with Gasteiger partial charge in [0.15, 0.2) is 0 Å². The van der Waals surface area contributed by atoms with Gasteiger partial charge in [-0.05, 0) is 32.9 Å². The fourth-order valence-corrected chi connectivity index (χ4v) is 2.03. The summed E-state index contributed by atoms with van der Waals surface area (Å²) >= 11 is 0. The third kappa shape index (κ3) is 4.49. The summed E-state index contributed by atoms with van der Waals surface area (Å²) < 4.78 is 5.04. The van der Waals surface area contributed by atoms with Crippen molar-refractivity contribution in [2.45, 2.75) is 26.7 Å². The van der Waals surface area contributed by atoms with E-state index in [0.29, 0.717) is 6.61 Å². The predicted octanol–water partition coefficient (Wildman–Crippen LogP) is 0.871. The summed E-state index contributed by atoms with van der Waals surface area (Å²) in [6.07, 6.45) is 2.12. The van der Waals surface area contributed by atoms with Gasteiger partial charge >= 0.3 is 5.97 Å². The summed E-state index contributed by atoms with van der Waals surface area (Å²) in [6, 6.07) is 0. The molecule has 1 unspecified atom stereocenters. The van der Waals surface area contributed by atoms with Crippen molar-refractivity contribution in [1.29, 1.82) is 0 Å². The topological polar surface area (TPSA) is 41.6 Å². The predicted molar refractivity (Wildman–Crippen MR) is 64.3 cm³/mol. The number of esters is 1. The lowest BCUT2D eigenvalue weighted by molar-refractivity contribution is -0.147. The zero-order chi connectivity index (χ0) is 11.8. The van der Waals surface area contributed by atoms with Gasteiger partial charge in [-0.15, -0.1) is 0 Å². The van der Waals surface area contributed by atoms with Crippen LogP contribution < -0.4 is 5.32 Å². The molecule has 4 heteroatoms. The second-order valence-electron chi connectivity index (χ2n) is 4.29. The minimum Gasteiger partial charge on any atom is -0.466 e. The molecule has 0 radical (unpaired) electrons. The molecule has 0 spiro atoms. The van der Waals surface area contributed by atoms with Crippen molar-refractivity contribution in [3.05, 3.63) is 0 Å². The molecule has 1 rings (SSSR count). The van der Waals surface area contributed by atoms with Gasteiger partial charge < -0.3 is 15.0 Å². The molecule has 1 atom stereocenters. The maximum absolute atomic E-state index is 11.5. The van der Waals surface area contributed by atoms with Crippen LogP contribution in [0.3, 0.4) is 0 Å². The number of rotatable bonds is 7. The molecular weight excluding hydrogens is 204 g/mol. The van der Waals surface area contributed by atoms with Gasteiger partial charge in [-0.3, -0.25) is 4.79 Å². The summed E-state index contributed by atoms with van der Waals surface area (Å²) in [5, 5.41) is 3.37. The fourth-order valence-electron chi connectivity index (χ4n) is 2.03. The van der Waals surface area contributed by atoms with Gasteiger partial charge in [0.25, 0.3) is 0 Å². The Hall–Kier alpha value is -0.610. The number of hydrogen-bond acceptors (Lipinski definition) is 4. The normalized spacial score (nSPS) is 21.2. The van der Waals surface area contributed by atoms with Crippen LogP contribution in [0, 0.1) is 5.92 Å². The average molecular weight is 228 g/mol. The van der Waals surface area contributed by atoms with Gasteiger partial charge in [-0.25, -0.2) is 0 Å². The van der Waals surface area contributed by atoms with Crippen molar-refractivity contribution < 1.29 is 9.53 Å².